The lowest BCUT2D eigenvalue weighted by Gasteiger charge is -2.28. The molecule has 5 heterocycles. The molecule has 202 valence electrons. The number of nitrogens with one attached hydrogen (secondary N) is 2. The molecule has 0 radical (unpaired) electrons. The van der Waals surface area contributed by atoms with Gasteiger partial charge in [0, 0.05) is 53.8 Å². The topological polar surface area (TPSA) is 88.6 Å². The molecule has 7 rings (SSSR count). The van der Waals surface area contributed by atoms with Crippen LogP contribution in [0.1, 0.15) is 42.4 Å². The molecular weight excluding hydrogens is 496 g/mol. The van der Waals surface area contributed by atoms with Gasteiger partial charge in [0.05, 0.1) is 23.7 Å². The van der Waals surface area contributed by atoms with Gasteiger partial charge in [0.25, 0.3) is 0 Å². The summed E-state index contributed by atoms with van der Waals surface area (Å²) in [6.07, 6.45) is 12.6. The molecule has 5 aromatic rings. The molecule has 2 N–H and O–H groups in total. The zero-order valence-corrected chi connectivity index (χ0v) is 22.9. The van der Waals surface area contributed by atoms with Crippen molar-refractivity contribution >= 4 is 11.0 Å². The molecule has 0 unspecified atom stereocenters. The van der Waals surface area contributed by atoms with Crippen molar-refractivity contribution in [2.24, 2.45) is 0 Å². The number of fused-ring (bicyclic) bond motifs is 2. The van der Waals surface area contributed by atoms with Crippen molar-refractivity contribution in [2.75, 3.05) is 13.2 Å². The summed E-state index contributed by atoms with van der Waals surface area (Å²) in [5.41, 5.74) is 10.7. The molecule has 1 aliphatic heterocycles. The van der Waals surface area contributed by atoms with Crippen molar-refractivity contribution < 1.29 is 4.74 Å². The van der Waals surface area contributed by atoms with Crippen molar-refractivity contribution in [3.63, 3.8) is 0 Å². The summed E-state index contributed by atoms with van der Waals surface area (Å²) in [4.78, 5) is 14.0. The van der Waals surface area contributed by atoms with Crippen LogP contribution < -0.4 is 5.32 Å². The number of nitrogens with zero attached hydrogens (tertiary/aromatic N) is 4. The molecule has 2 aliphatic rings. The van der Waals surface area contributed by atoms with E-state index in [1.807, 2.05) is 30.7 Å². The maximum Gasteiger partial charge on any atom is 0.181 e. The summed E-state index contributed by atoms with van der Waals surface area (Å²) in [5, 5.41) is 12.5. The fourth-order valence-corrected chi connectivity index (χ4v) is 6.18. The minimum Gasteiger partial charge on any atom is -0.380 e. The number of rotatable bonds is 5. The average Bonchev–Trinajstić information content (AvgIpc) is 3.32. The van der Waals surface area contributed by atoms with E-state index in [-0.39, 0.29) is 0 Å². The van der Waals surface area contributed by atoms with Crippen LogP contribution in [-0.2, 0) is 17.6 Å². The molecule has 2 atom stereocenters. The average molecular weight is 531 g/mol. The summed E-state index contributed by atoms with van der Waals surface area (Å²) in [6.45, 7) is 3.83. The lowest BCUT2D eigenvalue weighted by Crippen LogP contribution is -2.43. The molecule has 0 bridgehead atoms. The van der Waals surface area contributed by atoms with E-state index in [1.165, 1.54) is 29.5 Å². The summed E-state index contributed by atoms with van der Waals surface area (Å²) < 4.78 is 5.69. The van der Waals surface area contributed by atoms with E-state index in [1.54, 1.807) is 0 Å². The third kappa shape index (κ3) is 5.03. The Morgan fingerprint density at radius 1 is 0.850 bits per heavy atom. The van der Waals surface area contributed by atoms with E-state index in [0.29, 0.717) is 17.7 Å². The van der Waals surface area contributed by atoms with Gasteiger partial charge >= 0.3 is 0 Å². The number of hydrogen-bond acceptors (Lipinski definition) is 6. The first kappa shape index (κ1) is 25.1. The number of aromatic amines is 1. The lowest BCUT2D eigenvalue weighted by molar-refractivity contribution is 0.0656. The number of H-pyrrole nitrogens is 1. The second-order valence-corrected chi connectivity index (χ2v) is 11.1. The second kappa shape index (κ2) is 10.9. The Kier molecular flexibility index (Phi) is 6.83. The van der Waals surface area contributed by atoms with Crippen LogP contribution in [0.2, 0.25) is 0 Å². The molecule has 7 heteroatoms. The standard InChI is InChI=1S/C33H34N6O/c1-21-4-2-14-34-31(21)25-10-13-30(35-18-25)32-29-17-26(19-36-33(29)39-38-32)24-7-6-22-8-11-27(12-9-23(22)16-24)37-28-5-3-15-40-20-28/h2,4,6-7,10,13-14,16-19,27-28,37H,3,5,8-9,11-12,15,20H2,1H3,(H,36,38,39)/t27-,28-/m0/s1. The SMILES string of the molecule is Cc1cccnc1-c1ccc(-c2[nH]nc3ncc(-c4ccc5c(c4)CC[C@@H](N[C@H]4CCCOC4)CC5)cc23)nc1. The van der Waals surface area contributed by atoms with E-state index in [0.717, 1.165) is 78.1 Å². The molecule has 40 heavy (non-hydrogen) atoms. The third-order valence-corrected chi connectivity index (χ3v) is 8.41. The largest absolute Gasteiger partial charge is 0.380 e. The smallest absolute Gasteiger partial charge is 0.181 e. The van der Waals surface area contributed by atoms with Crippen LogP contribution in [-0.4, -0.2) is 50.4 Å². The van der Waals surface area contributed by atoms with Gasteiger partial charge in [-0.1, -0.05) is 24.3 Å². The molecule has 1 aromatic carbocycles. The van der Waals surface area contributed by atoms with Gasteiger partial charge in [-0.05, 0) is 92.0 Å². The molecule has 1 saturated heterocycles. The van der Waals surface area contributed by atoms with Crippen molar-refractivity contribution in [3.8, 4) is 33.8 Å². The van der Waals surface area contributed by atoms with E-state index in [4.69, 9.17) is 9.72 Å². The minimum absolute atomic E-state index is 0.502. The maximum absolute atomic E-state index is 5.69. The van der Waals surface area contributed by atoms with Crippen LogP contribution in [0.25, 0.3) is 44.8 Å². The van der Waals surface area contributed by atoms with Gasteiger partial charge < -0.3 is 10.1 Å². The molecular formula is C33H34N6O. The Labute approximate surface area is 234 Å². The predicted molar refractivity (Wildman–Crippen MR) is 158 cm³/mol. The van der Waals surface area contributed by atoms with E-state index in [2.05, 4.69) is 68.8 Å². The lowest BCUT2D eigenvalue weighted by atomic mass is 9.97. The fraction of sp³-hybridized carbons (Fsp3) is 0.333. The maximum atomic E-state index is 5.69. The first-order chi connectivity index (χ1) is 19.7. The quantitative estimate of drug-likeness (QED) is 0.268. The summed E-state index contributed by atoms with van der Waals surface area (Å²) >= 11 is 0. The van der Waals surface area contributed by atoms with E-state index >= 15 is 0 Å². The molecule has 7 nitrogen and oxygen atoms in total. The zero-order chi connectivity index (χ0) is 26.9. The van der Waals surface area contributed by atoms with Crippen LogP contribution in [0.3, 0.4) is 0 Å². The van der Waals surface area contributed by atoms with Gasteiger partial charge in [0.1, 0.15) is 0 Å². The van der Waals surface area contributed by atoms with Gasteiger partial charge in [-0.25, -0.2) is 4.98 Å². The highest BCUT2D eigenvalue weighted by atomic mass is 16.5. The molecule has 0 saturated carbocycles. The summed E-state index contributed by atoms with van der Waals surface area (Å²) in [6, 6.07) is 18.3. The fourth-order valence-electron chi connectivity index (χ4n) is 6.18. The molecule has 4 aromatic heterocycles. The van der Waals surface area contributed by atoms with Crippen molar-refractivity contribution in [2.45, 2.75) is 57.5 Å². The minimum atomic E-state index is 0.502. The van der Waals surface area contributed by atoms with Crippen LogP contribution in [0.4, 0.5) is 0 Å². The molecule has 1 aliphatic carbocycles. The highest BCUT2D eigenvalue weighted by Crippen LogP contribution is 2.32. The highest BCUT2D eigenvalue weighted by molar-refractivity contribution is 5.92. The number of pyridine rings is 3. The first-order valence-corrected chi connectivity index (χ1v) is 14.4. The van der Waals surface area contributed by atoms with Gasteiger partial charge in [-0.3, -0.25) is 15.1 Å². The van der Waals surface area contributed by atoms with Crippen molar-refractivity contribution in [3.05, 3.63) is 83.8 Å². The zero-order valence-electron chi connectivity index (χ0n) is 22.9. The third-order valence-electron chi connectivity index (χ3n) is 8.41. The number of aryl methyl sites for hydroxylation is 3. The van der Waals surface area contributed by atoms with E-state index < -0.39 is 0 Å². The summed E-state index contributed by atoms with van der Waals surface area (Å²) in [7, 11) is 0. The molecule has 1 fully saturated rings. The highest BCUT2D eigenvalue weighted by Gasteiger charge is 2.22. The molecule has 0 amide bonds. The molecule has 0 spiro atoms. The van der Waals surface area contributed by atoms with Gasteiger partial charge in [-0.2, -0.15) is 5.10 Å². The van der Waals surface area contributed by atoms with E-state index in [9.17, 15) is 0 Å². The van der Waals surface area contributed by atoms with Crippen LogP contribution in [0.5, 0.6) is 0 Å². The van der Waals surface area contributed by atoms with Crippen LogP contribution in [0.15, 0.2) is 67.1 Å². The van der Waals surface area contributed by atoms with Gasteiger partial charge in [0.15, 0.2) is 5.65 Å². The number of aromatic nitrogens is 5. The summed E-state index contributed by atoms with van der Waals surface area (Å²) in [5.74, 6) is 0. The van der Waals surface area contributed by atoms with Crippen LogP contribution in [0, 0.1) is 6.92 Å². The van der Waals surface area contributed by atoms with Crippen LogP contribution >= 0.6 is 0 Å². The van der Waals surface area contributed by atoms with Crippen molar-refractivity contribution in [1.82, 2.24) is 30.5 Å². The second-order valence-electron chi connectivity index (χ2n) is 11.1. The Morgan fingerprint density at radius 2 is 1.73 bits per heavy atom. The van der Waals surface area contributed by atoms with Gasteiger partial charge in [0.2, 0.25) is 0 Å². The Hall–Kier alpha value is -3.94. The predicted octanol–water partition coefficient (Wildman–Crippen LogP) is 6.07. The number of hydrogen-bond donors (Lipinski definition) is 2. The Balaban J connectivity index is 1.13. The van der Waals surface area contributed by atoms with Crippen molar-refractivity contribution in [1.29, 1.82) is 0 Å². The number of benzene rings is 1. The number of ether oxygens (including phenoxy) is 1. The Morgan fingerprint density at radius 3 is 2.55 bits per heavy atom. The normalized spacial score (nSPS) is 19.3. The monoisotopic (exact) mass is 530 g/mol. The Bertz CT molecular complexity index is 1640. The van der Waals surface area contributed by atoms with Gasteiger partial charge in [-0.15, -0.1) is 0 Å². The first-order valence-electron chi connectivity index (χ1n) is 14.4.